The van der Waals surface area contributed by atoms with Crippen LogP contribution in [0.25, 0.3) is 0 Å². The molecule has 0 radical (unpaired) electrons. The zero-order valence-corrected chi connectivity index (χ0v) is 17.5. The Morgan fingerprint density at radius 1 is 1.23 bits per heavy atom. The molecule has 5 nitrogen and oxygen atoms in total. The molecule has 1 unspecified atom stereocenters. The second-order valence-electron chi connectivity index (χ2n) is 6.37. The Morgan fingerprint density at radius 3 is 2.58 bits per heavy atom. The third-order valence-corrected chi connectivity index (χ3v) is 5.28. The fourth-order valence-electron chi connectivity index (χ4n) is 3.16. The Morgan fingerprint density at radius 2 is 1.96 bits per heavy atom. The second-order valence-corrected chi connectivity index (χ2v) is 7.19. The summed E-state index contributed by atoms with van der Waals surface area (Å²) in [5.41, 5.74) is 1.16. The van der Waals surface area contributed by atoms with E-state index in [1.807, 2.05) is 18.2 Å². The van der Waals surface area contributed by atoms with Crippen molar-refractivity contribution in [2.24, 2.45) is 0 Å². The number of carbonyl (C=O) groups is 1. The lowest BCUT2D eigenvalue weighted by molar-refractivity contribution is -0.135. The van der Waals surface area contributed by atoms with E-state index < -0.39 is 0 Å². The van der Waals surface area contributed by atoms with Gasteiger partial charge in [0.05, 0.1) is 16.7 Å². The highest BCUT2D eigenvalue weighted by Gasteiger charge is 2.26. The molecule has 148 valence electrons. The van der Waals surface area contributed by atoms with E-state index in [9.17, 15) is 4.79 Å². The number of nitrogens with one attached hydrogen (secondary N) is 2. The van der Waals surface area contributed by atoms with Gasteiger partial charge in [0.2, 0.25) is 0 Å². The van der Waals surface area contributed by atoms with Gasteiger partial charge in [0.15, 0.2) is 0 Å². The van der Waals surface area contributed by atoms with Crippen molar-refractivity contribution in [2.45, 2.75) is 31.5 Å². The van der Waals surface area contributed by atoms with Gasteiger partial charge < -0.3 is 15.4 Å². The molecule has 1 amide bonds. The summed E-state index contributed by atoms with van der Waals surface area (Å²) in [6, 6.07) is 6.00. The van der Waals surface area contributed by atoms with Crippen molar-refractivity contribution in [1.29, 1.82) is 0 Å². The van der Waals surface area contributed by atoms with Crippen LogP contribution in [-0.4, -0.2) is 55.7 Å². The number of ether oxygens (including phenoxy) is 1. The molecule has 2 heterocycles. The third-order valence-electron chi connectivity index (χ3n) is 4.54. The number of rotatable bonds is 4. The first-order chi connectivity index (χ1) is 11.6. The highest BCUT2D eigenvalue weighted by Crippen LogP contribution is 2.24. The number of morpholine rings is 1. The Bertz CT molecular complexity index is 577. The maximum Gasteiger partial charge on any atom is 0.250 e. The molecule has 2 aliphatic rings. The van der Waals surface area contributed by atoms with Crippen LogP contribution in [0.2, 0.25) is 10.0 Å². The van der Waals surface area contributed by atoms with Crippen LogP contribution in [0, 0.1) is 0 Å². The quantitative estimate of drug-likeness (QED) is 0.749. The first-order valence-corrected chi connectivity index (χ1v) is 9.16. The summed E-state index contributed by atoms with van der Waals surface area (Å²) < 4.78 is 5.49. The van der Waals surface area contributed by atoms with Gasteiger partial charge in [0.1, 0.15) is 6.10 Å². The zero-order valence-electron chi connectivity index (χ0n) is 14.4. The van der Waals surface area contributed by atoms with Crippen LogP contribution in [0.3, 0.4) is 0 Å². The van der Waals surface area contributed by atoms with Gasteiger partial charge in [0.25, 0.3) is 5.91 Å². The van der Waals surface area contributed by atoms with Gasteiger partial charge in [0, 0.05) is 38.8 Å². The zero-order chi connectivity index (χ0) is 16.9. The molecule has 1 atom stereocenters. The molecule has 2 aliphatic heterocycles. The average molecular weight is 445 g/mol. The van der Waals surface area contributed by atoms with Crippen LogP contribution in [-0.2, 0) is 16.1 Å². The standard InChI is InChI=1S/C17H23Cl2N3O2.2ClH/c18-14-2-1-12(9-15(14)19)11-22-6-3-13(4-7-22)21-17(23)16-10-20-5-8-24-16;;/h1-2,9,13,16,20H,3-8,10-11H2,(H,21,23);2*1H. The molecular weight excluding hydrogens is 420 g/mol. The smallest absolute Gasteiger partial charge is 0.250 e. The van der Waals surface area contributed by atoms with Crippen LogP contribution >= 0.6 is 48.0 Å². The van der Waals surface area contributed by atoms with Crippen LogP contribution in [0.5, 0.6) is 0 Å². The van der Waals surface area contributed by atoms with Gasteiger partial charge in [-0.3, -0.25) is 9.69 Å². The summed E-state index contributed by atoms with van der Waals surface area (Å²) in [5.74, 6) is 0.00475. The number of carbonyl (C=O) groups excluding carboxylic acids is 1. The van der Waals surface area contributed by atoms with Crippen LogP contribution in [0.15, 0.2) is 18.2 Å². The molecule has 2 N–H and O–H groups in total. The number of hydrogen-bond donors (Lipinski definition) is 2. The number of halogens is 4. The molecule has 2 fully saturated rings. The van der Waals surface area contributed by atoms with Crippen molar-refractivity contribution >= 4 is 53.9 Å². The van der Waals surface area contributed by atoms with E-state index in [1.165, 1.54) is 0 Å². The van der Waals surface area contributed by atoms with E-state index in [4.69, 9.17) is 27.9 Å². The van der Waals surface area contributed by atoms with Crippen molar-refractivity contribution in [3.05, 3.63) is 33.8 Å². The Kier molecular flexibility index (Phi) is 10.6. The number of hydrogen-bond acceptors (Lipinski definition) is 4. The molecular formula is C17H25Cl4N3O2. The second kappa shape index (κ2) is 11.5. The fourth-order valence-corrected chi connectivity index (χ4v) is 3.48. The highest BCUT2D eigenvalue weighted by atomic mass is 35.5. The number of piperidine rings is 1. The molecule has 2 saturated heterocycles. The maximum absolute atomic E-state index is 12.2. The van der Waals surface area contributed by atoms with Crippen molar-refractivity contribution < 1.29 is 9.53 Å². The van der Waals surface area contributed by atoms with Gasteiger partial charge >= 0.3 is 0 Å². The number of benzene rings is 1. The first kappa shape index (κ1) is 23.8. The van der Waals surface area contributed by atoms with Crippen molar-refractivity contribution in [1.82, 2.24) is 15.5 Å². The van der Waals surface area contributed by atoms with Gasteiger partial charge in [-0.1, -0.05) is 29.3 Å². The van der Waals surface area contributed by atoms with E-state index in [2.05, 4.69) is 15.5 Å². The molecule has 1 aromatic carbocycles. The predicted octanol–water partition coefficient (Wildman–Crippen LogP) is 2.91. The van der Waals surface area contributed by atoms with Gasteiger partial charge in [-0.25, -0.2) is 0 Å². The fraction of sp³-hybridized carbons (Fsp3) is 0.588. The summed E-state index contributed by atoms with van der Waals surface area (Å²) in [6.45, 7) is 4.77. The molecule has 0 spiro atoms. The summed E-state index contributed by atoms with van der Waals surface area (Å²) in [5, 5.41) is 7.48. The topological polar surface area (TPSA) is 53.6 Å². The third kappa shape index (κ3) is 6.71. The van der Waals surface area contributed by atoms with E-state index in [0.29, 0.717) is 23.2 Å². The normalized spacial score (nSPS) is 21.4. The van der Waals surface area contributed by atoms with Gasteiger partial charge in [-0.05, 0) is 30.5 Å². The average Bonchev–Trinajstić information content (AvgIpc) is 2.61. The minimum Gasteiger partial charge on any atom is -0.366 e. The van der Waals surface area contributed by atoms with Gasteiger partial charge in [-0.2, -0.15) is 0 Å². The molecule has 1 aromatic rings. The molecule has 9 heteroatoms. The monoisotopic (exact) mass is 443 g/mol. The van der Waals surface area contributed by atoms with Crippen molar-refractivity contribution in [3.8, 4) is 0 Å². The van der Waals surface area contributed by atoms with Crippen molar-refractivity contribution in [3.63, 3.8) is 0 Å². The lowest BCUT2D eigenvalue weighted by atomic mass is 10.0. The number of amides is 1. The summed E-state index contributed by atoms with van der Waals surface area (Å²) in [6.07, 6.45) is 1.55. The number of likely N-dealkylation sites (tertiary alicyclic amines) is 1. The molecule has 0 bridgehead atoms. The summed E-state index contributed by atoms with van der Waals surface area (Å²) in [7, 11) is 0. The highest BCUT2D eigenvalue weighted by molar-refractivity contribution is 6.42. The Labute approximate surface area is 176 Å². The van der Waals surface area contributed by atoms with E-state index in [-0.39, 0.29) is 42.9 Å². The van der Waals surface area contributed by atoms with Crippen LogP contribution in [0.1, 0.15) is 18.4 Å². The minimum absolute atomic E-state index is 0. The lowest BCUT2D eigenvalue weighted by Crippen LogP contribution is -2.52. The van der Waals surface area contributed by atoms with E-state index in [0.717, 1.165) is 44.6 Å². The SMILES string of the molecule is Cl.Cl.O=C(NC1CCN(Cc2ccc(Cl)c(Cl)c2)CC1)C1CNCCO1. The van der Waals surface area contributed by atoms with E-state index >= 15 is 0 Å². The maximum atomic E-state index is 12.2. The van der Waals surface area contributed by atoms with Crippen LogP contribution < -0.4 is 10.6 Å². The molecule has 0 aromatic heterocycles. The van der Waals surface area contributed by atoms with Gasteiger partial charge in [-0.15, -0.1) is 24.8 Å². The summed E-state index contributed by atoms with van der Waals surface area (Å²) >= 11 is 12.0. The molecule has 0 saturated carbocycles. The summed E-state index contributed by atoms with van der Waals surface area (Å²) in [4.78, 5) is 14.6. The first-order valence-electron chi connectivity index (χ1n) is 8.41. The predicted molar refractivity (Wildman–Crippen MR) is 110 cm³/mol. The lowest BCUT2D eigenvalue weighted by Gasteiger charge is -2.33. The molecule has 3 rings (SSSR count). The Hall–Kier alpha value is -0.270. The van der Waals surface area contributed by atoms with Crippen molar-refractivity contribution in [2.75, 3.05) is 32.8 Å². The minimum atomic E-state index is -0.354. The number of nitrogens with zero attached hydrogens (tertiary/aromatic N) is 1. The molecule has 0 aliphatic carbocycles. The van der Waals surface area contributed by atoms with Crippen LogP contribution in [0.4, 0.5) is 0 Å². The largest absolute Gasteiger partial charge is 0.366 e. The Balaban J connectivity index is 0.00000169. The molecule has 26 heavy (non-hydrogen) atoms. The van der Waals surface area contributed by atoms with E-state index in [1.54, 1.807) is 0 Å².